The van der Waals surface area contributed by atoms with Crippen LogP contribution in [0.3, 0.4) is 0 Å². The summed E-state index contributed by atoms with van der Waals surface area (Å²) in [6.07, 6.45) is -7.15. The zero-order valence-corrected chi connectivity index (χ0v) is 21.1. The number of aliphatic hydroxyl groups is 4. The molecule has 1 fully saturated rings. The van der Waals surface area contributed by atoms with Crippen LogP contribution < -0.4 is 9.47 Å². The lowest BCUT2D eigenvalue weighted by Gasteiger charge is -2.39. The van der Waals surface area contributed by atoms with Gasteiger partial charge in [0.2, 0.25) is 12.2 Å². The molecule has 0 bridgehead atoms. The molecule has 1 aromatic heterocycles. The average molecular weight is 537 g/mol. The Morgan fingerprint density at radius 2 is 1.59 bits per heavy atom. The molecule has 1 aliphatic rings. The Kier molecular flexibility index (Phi) is 7.92. The van der Waals surface area contributed by atoms with Crippen LogP contribution in [0.5, 0.6) is 11.6 Å². The van der Waals surface area contributed by atoms with E-state index in [1.54, 1.807) is 25.3 Å². The second kappa shape index (κ2) is 11.5. The van der Waals surface area contributed by atoms with Gasteiger partial charge < -0.3 is 34.6 Å². The van der Waals surface area contributed by atoms with Crippen molar-refractivity contribution in [1.82, 2.24) is 9.78 Å². The minimum atomic E-state index is -1.64. The third-order valence-electron chi connectivity index (χ3n) is 6.69. The number of methoxy groups -OCH3 is 1. The number of aliphatic hydroxyl groups excluding tert-OH is 4. The molecule has 5 atom stereocenters. The first-order valence-corrected chi connectivity index (χ1v) is 12.4. The predicted octanol–water partition coefficient (Wildman–Crippen LogP) is 2.46. The summed E-state index contributed by atoms with van der Waals surface area (Å²) in [6, 6.07) is 22.9. The summed E-state index contributed by atoms with van der Waals surface area (Å²) >= 11 is 0. The van der Waals surface area contributed by atoms with E-state index in [1.165, 1.54) is 10.7 Å². The molecular weight excluding hydrogens is 507 g/mol. The highest BCUT2D eigenvalue weighted by atomic mass is 19.1. The van der Waals surface area contributed by atoms with Gasteiger partial charge in [0.15, 0.2) is 0 Å². The summed E-state index contributed by atoms with van der Waals surface area (Å²) in [7, 11) is 1.58. The molecule has 0 amide bonds. The van der Waals surface area contributed by atoms with Crippen LogP contribution in [0.15, 0.2) is 78.9 Å². The van der Waals surface area contributed by atoms with Crippen molar-refractivity contribution in [2.75, 3.05) is 13.7 Å². The standard InChI is InChI=1S/C29H29FN2O7/c1-37-19-13-11-17(12-14-19)15-20-24(18-7-3-2-4-8-18)32(22-10-6-5-9-21(22)30)31-28(20)39-29-27(36)26(35)25(34)23(16-33)38-29/h2-14,23,25-27,29,33-36H,15-16H2,1H3/t23-,25-,26+,27-,29+/m1/s1. The van der Waals surface area contributed by atoms with Crippen LogP contribution in [-0.2, 0) is 11.2 Å². The third-order valence-corrected chi connectivity index (χ3v) is 6.69. The van der Waals surface area contributed by atoms with Crippen molar-refractivity contribution in [2.24, 2.45) is 0 Å². The van der Waals surface area contributed by atoms with E-state index in [9.17, 15) is 20.4 Å². The largest absolute Gasteiger partial charge is 0.497 e. The van der Waals surface area contributed by atoms with Gasteiger partial charge in [-0.2, -0.15) is 0 Å². The maximum absolute atomic E-state index is 15.1. The van der Waals surface area contributed by atoms with Crippen molar-refractivity contribution in [1.29, 1.82) is 0 Å². The lowest BCUT2D eigenvalue weighted by molar-refractivity contribution is -0.278. The van der Waals surface area contributed by atoms with Gasteiger partial charge in [0.1, 0.15) is 41.7 Å². The Balaban J connectivity index is 1.66. The summed E-state index contributed by atoms with van der Waals surface area (Å²) in [6.45, 7) is -0.609. The van der Waals surface area contributed by atoms with Crippen molar-refractivity contribution in [3.63, 3.8) is 0 Å². The van der Waals surface area contributed by atoms with Crippen LogP contribution in [-0.4, -0.2) is 74.6 Å². The normalized spacial score (nSPS) is 23.0. The van der Waals surface area contributed by atoms with Gasteiger partial charge in [-0.1, -0.05) is 54.6 Å². The number of rotatable bonds is 8. The van der Waals surface area contributed by atoms with Gasteiger partial charge in [-0.15, -0.1) is 5.10 Å². The Bertz CT molecular complexity index is 1390. The van der Waals surface area contributed by atoms with Gasteiger partial charge in [0.05, 0.1) is 19.4 Å². The monoisotopic (exact) mass is 536 g/mol. The van der Waals surface area contributed by atoms with Gasteiger partial charge in [-0.05, 0) is 29.8 Å². The molecular formula is C29H29FN2O7. The van der Waals surface area contributed by atoms with Gasteiger partial charge in [-0.3, -0.25) is 0 Å². The van der Waals surface area contributed by atoms with Crippen LogP contribution in [0.25, 0.3) is 16.9 Å². The molecule has 2 heterocycles. The fourth-order valence-electron chi connectivity index (χ4n) is 4.60. The molecule has 1 aliphatic heterocycles. The lowest BCUT2D eigenvalue weighted by Crippen LogP contribution is -2.60. The minimum Gasteiger partial charge on any atom is -0.497 e. The molecule has 204 valence electrons. The number of nitrogens with zero attached hydrogens (tertiary/aromatic N) is 2. The Labute approximate surface area is 224 Å². The molecule has 3 aromatic carbocycles. The molecule has 4 N–H and O–H groups in total. The number of halogens is 1. The zero-order chi connectivity index (χ0) is 27.5. The molecule has 0 unspecified atom stereocenters. The topological polar surface area (TPSA) is 126 Å². The van der Waals surface area contributed by atoms with Crippen LogP contribution in [0.1, 0.15) is 11.1 Å². The van der Waals surface area contributed by atoms with Crippen molar-refractivity contribution < 1.29 is 39.0 Å². The molecule has 0 aliphatic carbocycles. The Morgan fingerprint density at radius 3 is 2.26 bits per heavy atom. The van der Waals surface area contributed by atoms with E-state index in [0.29, 0.717) is 23.4 Å². The molecule has 9 nitrogen and oxygen atoms in total. The lowest BCUT2D eigenvalue weighted by atomic mass is 9.99. The van der Waals surface area contributed by atoms with Crippen LogP contribution in [0.2, 0.25) is 0 Å². The second-order valence-electron chi connectivity index (χ2n) is 9.20. The van der Waals surface area contributed by atoms with Gasteiger partial charge in [0, 0.05) is 17.5 Å². The fourth-order valence-corrected chi connectivity index (χ4v) is 4.60. The van der Waals surface area contributed by atoms with Gasteiger partial charge in [0.25, 0.3) is 0 Å². The first-order chi connectivity index (χ1) is 18.9. The van der Waals surface area contributed by atoms with E-state index >= 15 is 4.39 Å². The summed E-state index contributed by atoms with van der Waals surface area (Å²) < 4.78 is 33.4. The average Bonchev–Trinajstić information content (AvgIpc) is 3.31. The first-order valence-electron chi connectivity index (χ1n) is 12.4. The number of hydrogen-bond acceptors (Lipinski definition) is 8. The van der Waals surface area contributed by atoms with E-state index in [2.05, 4.69) is 5.10 Å². The minimum absolute atomic E-state index is 0.0252. The SMILES string of the molecule is COc1ccc(Cc2c(O[C@@H]3O[C@H](CO)[C@@H](O)[C@H](O)[C@H]3O)nn(-c3ccccc3F)c2-c2ccccc2)cc1. The number of aromatic nitrogens is 2. The quantitative estimate of drug-likeness (QED) is 0.271. The van der Waals surface area contributed by atoms with Gasteiger partial charge in [-0.25, -0.2) is 9.07 Å². The summed E-state index contributed by atoms with van der Waals surface area (Å²) in [5, 5.41) is 45.3. The van der Waals surface area contributed by atoms with Crippen LogP contribution >= 0.6 is 0 Å². The second-order valence-corrected chi connectivity index (χ2v) is 9.20. The van der Waals surface area contributed by atoms with Crippen molar-refractivity contribution >= 4 is 0 Å². The van der Waals surface area contributed by atoms with Crippen LogP contribution in [0, 0.1) is 5.82 Å². The maximum atomic E-state index is 15.1. The van der Waals surface area contributed by atoms with Crippen LogP contribution in [0.4, 0.5) is 4.39 Å². The maximum Gasteiger partial charge on any atom is 0.239 e. The Morgan fingerprint density at radius 1 is 0.897 bits per heavy atom. The van der Waals surface area contributed by atoms with E-state index < -0.39 is 43.1 Å². The van der Waals surface area contributed by atoms with Crippen molar-refractivity contribution in [3.05, 3.63) is 95.8 Å². The smallest absolute Gasteiger partial charge is 0.239 e. The van der Waals surface area contributed by atoms with Gasteiger partial charge >= 0.3 is 0 Å². The molecule has 1 saturated heterocycles. The molecule has 10 heteroatoms. The highest BCUT2D eigenvalue weighted by Gasteiger charge is 2.45. The molecule has 0 saturated carbocycles. The van der Waals surface area contributed by atoms with E-state index in [4.69, 9.17) is 14.2 Å². The number of hydrogen-bond donors (Lipinski definition) is 4. The molecule has 0 spiro atoms. The molecule has 39 heavy (non-hydrogen) atoms. The Hall–Kier alpha value is -3.80. The highest BCUT2D eigenvalue weighted by Crippen LogP contribution is 2.37. The fraction of sp³-hybridized carbons (Fsp3) is 0.276. The van der Waals surface area contributed by atoms with E-state index in [1.807, 2.05) is 54.6 Å². The number of para-hydroxylation sites is 1. The summed E-state index contributed by atoms with van der Waals surface area (Å²) in [5.41, 5.74) is 2.90. The van der Waals surface area contributed by atoms with Crippen molar-refractivity contribution in [3.8, 4) is 28.6 Å². The zero-order valence-electron chi connectivity index (χ0n) is 21.1. The van der Waals surface area contributed by atoms with Crippen molar-refractivity contribution in [2.45, 2.75) is 37.1 Å². The summed E-state index contributed by atoms with van der Waals surface area (Å²) in [5.74, 6) is 0.201. The van der Waals surface area contributed by atoms with E-state index in [0.717, 1.165) is 11.1 Å². The summed E-state index contributed by atoms with van der Waals surface area (Å²) in [4.78, 5) is 0. The number of ether oxygens (including phenoxy) is 3. The third kappa shape index (κ3) is 5.38. The molecule has 4 aromatic rings. The predicted molar refractivity (Wildman–Crippen MR) is 139 cm³/mol. The molecule has 0 radical (unpaired) electrons. The first kappa shape index (κ1) is 26.8. The van der Waals surface area contributed by atoms with E-state index in [-0.39, 0.29) is 11.6 Å². The number of benzene rings is 3. The highest BCUT2D eigenvalue weighted by molar-refractivity contribution is 5.69. The molecule has 5 rings (SSSR count).